The molecule has 1 fully saturated rings. The highest BCUT2D eigenvalue weighted by Crippen LogP contribution is 2.34. The molecule has 21 heavy (non-hydrogen) atoms. The van der Waals surface area contributed by atoms with Crippen LogP contribution in [0.5, 0.6) is 0 Å². The summed E-state index contributed by atoms with van der Waals surface area (Å²) in [6.07, 6.45) is 3.67. The second-order valence-electron chi connectivity index (χ2n) is 5.08. The van der Waals surface area contributed by atoms with Crippen molar-refractivity contribution in [2.24, 2.45) is 0 Å². The summed E-state index contributed by atoms with van der Waals surface area (Å²) in [6, 6.07) is 12.0. The van der Waals surface area contributed by atoms with Gasteiger partial charge in [-0.3, -0.25) is 4.79 Å². The lowest BCUT2D eigenvalue weighted by Gasteiger charge is -2.25. The van der Waals surface area contributed by atoms with Gasteiger partial charge in [-0.15, -0.1) is 0 Å². The first-order valence-corrected chi connectivity index (χ1v) is 8.42. The van der Waals surface area contributed by atoms with Gasteiger partial charge >= 0.3 is 0 Å². The van der Waals surface area contributed by atoms with Crippen molar-refractivity contribution >= 4 is 37.8 Å². The van der Waals surface area contributed by atoms with Crippen LogP contribution in [0.3, 0.4) is 0 Å². The highest BCUT2D eigenvalue weighted by molar-refractivity contribution is 9.10. The Balaban J connectivity index is 1.87. The van der Waals surface area contributed by atoms with Gasteiger partial charge in [-0.25, -0.2) is 4.98 Å². The number of carbonyl (C=O) groups excluding carboxylic acids is 1. The molecule has 0 radical (unpaired) electrons. The van der Waals surface area contributed by atoms with Gasteiger partial charge in [0.25, 0.3) is 5.91 Å². The maximum absolute atomic E-state index is 12.7. The molecule has 0 aliphatic carbocycles. The molecule has 5 heteroatoms. The largest absolute Gasteiger partial charge is 0.332 e. The van der Waals surface area contributed by atoms with Crippen molar-refractivity contribution < 1.29 is 4.79 Å². The summed E-state index contributed by atoms with van der Waals surface area (Å²) in [7, 11) is 0. The van der Waals surface area contributed by atoms with E-state index in [-0.39, 0.29) is 11.9 Å². The van der Waals surface area contributed by atoms with Gasteiger partial charge < -0.3 is 4.90 Å². The molecular formula is C16H14Br2N2O. The monoisotopic (exact) mass is 408 g/mol. The molecule has 1 amide bonds. The molecule has 1 saturated heterocycles. The summed E-state index contributed by atoms with van der Waals surface area (Å²) in [4.78, 5) is 18.8. The van der Waals surface area contributed by atoms with E-state index in [1.54, 1.807) is 12.3 Å². The summed E-state index contributed by atoms with van der Waals surface area (Å²) >= 11 is 6.79. The normalized spacial score (nSPS) is 18.0. The maximum Gasteiger partial charge on any atom is 0.255 e. The minimum Gasteiger partial charge on any atom is -0.332 e. The molecule has 0 bridgehead atoms. The van der Waals surface area contributed by atoms with Gasteiger partial charge in [-0.1, -0.05) is 28.1 Å². The Morgan fingerprint density at radius 2 is 2.10 bits per heavy atom. The van der Waals surface area contributed by atoms with Crippen molar-refractivity contribution in [3.8, 4) is 0 Å². The van der Waals surface area contributed by atoms with Crippen LogP contribution in [0, 0.1) is 0 Å². The average Bonchev–Trinajstić information content (AvgIpc) is 2.97. The number of likely N-dealkylation sites (tertiary alicyclic amines) is 1. The molecule has 108 valence electrons. The zero-order valence-corrected chi connectivity index (χ0v) is 14.5. The van der Waals surface area contributed by atoms with Crippen LogP contribution < -0.4 is 0 Å². The minimum absolute atomic E-state index is 0.0532. The fraction of sp³-hybridized carbons (Fsp3) is 0.250. The number of carbonyl (C=O) groups is 1. The first-order chi connectivity index (χ1) is 10.1. The molecule has 1 aromatic carbocycles. The number of nitrogens with zero attached hydrogens (tertiary/aromatic N) is 2. The number of hydrogen-bond acceptors (Lipinski definition) is 2. The Morgan fingerprint density at radius 1 is 1.24 bits per heavy atom. The molecule has 0 spiro atoms. The lowest BCUT2D eigenvalue weighted by Crippen LogP contribution is -2.30. The highest BCUT2D eigenvalue weighted by Gasteiger charge is 2.30. The third-order valence-corrected chi connectivity index (χ3v) is 4.68. The van der Waals surface area contributed by atoms with Crippen molar-refractivity contribution in [1.29, 1.82) is 0 Å². The standard InChI is InChI=1S/C16H14Br2N2O/c17-13-4-1-3-11(9-13)14-5-2-8-20(14)16(21)12-6-7-15(18)19-10-12/h1,3-4,6-7,9-10,14H,2,5,8H2. The number of aromatic nitrogens is 1. The van der Waals surface area contributed by atoms with Crippen molar-refractivity contribution in [3.05, 3.63) is 62.8 Å². The SMILES string of the molecule is O=C(c1ccc(Br)nc1)N1CCCC1c1cccc(Br)c1. The first-order valence-electron chi connectivity index (χ1n) is 6.83. The Labute approximate surface area is 140 Å². The zero-order chi connectivity index (χ0) is 14.8. The third kappa shape index (κ3) is 3.19. The summed E-state index contributed by atoms with van der Waals surface area (Å²) in [5, 5.41) is 0. The zero-order valence-electron chi connectivity index (χ0n) is 11.3. The second-order valence-corrected chi connectivity index (χ2v) is 6.81. The number of hydrogen-bond donors (Lipinski definition) is 0. The van der Waals surface area contributed by atoms with Crippen LogP contribution >= 0.6 is 31.9 Å². The predicted octanol–water partition coefficient (Wildman–Crippen LogP) is 4.58. The molecule has 1 unspecified atom stereocenters. The van der Waals surface area contributed by atoms with Gasteiger partial charge in [-0.05, 0) is 58.6 Å². The van der Waals surface area contributed by atoms with Crippen LogP contribution in [0.25, 0.3) is 0 Å². The van der Waals surface area contributed by atoms with Crippen LogP contribution in [0.2, 0.25) is 0 Å². The molecular weight excluding hydrogens is 396 g/mol. The van der Waals surface area contributed by atoms with Gasteiger partial charge in [0.15, 0.2) is 0 Å². The van der Waals surface area contributed by atoms with E-state index < -0.39 is 0 Å². The Bertz CT molecular complexity index is 658. The smallest absolute Gasteiger partial charge is 0.255 e. The van der Waals surface area contributed by atoms with Crippen molar-refractivity contribution in [1.82, 2.24) is 9.88 Å². The first kappa shape index (κ1) is 14.7. The molecule has 2 aromatic rings. The number of amides is 1. The Morgan fingerprint density at radius 3 is 2.81 bits per heavy atom. The topological polar surface area (TPSA) is 33.2 Å². The molecule has 3 nitrogen and oxygen atoms in total. The number of pyridine rings is 1. The van der Waals surface area contributed by atoms with E-state index in [1.165, 1.54) is 5.56 Å². The van der Waals surface area contributed by atoms with Crippen molar-refractivity contribution in [3.63, 3.8) is 0 Å². The van der Waals surface area contributed by atoms with Gasteiger partial charge in [0.05, 0.1) is 11.6 Å². The van der Waals surface area contributed by atoms with E-state index in [0.29, 0.717) is 5.56 Å². The average molecular weight is 410 g/mol. The fourth-order valence-corrected chi connectivity index (χ4v) is 3.39. The van der Waals surface area contributed by atoms with E-state index in [0.717, 1.165) is 28.5 Å². The number of halogens is 2. The van der Waals surface area contributed by atoms with Crippen LogP contribution in [-0.2, 0) is 0 Å². The van der Waals surface area contributed by atoms with Crippen molar-refractivity contribution in [2.45, 2.75) is 18.9 Å². The molecule has 3 rings (SSSR count). The van der Waals surface area contributed by atoms with Gasteiger partial charge in [-0.2, -0.15) is 0 Å². The third-order valence-electron chi connectivity index (χ3n) is 3.72. The van der Waals surface area contributed by atoms with Gasteiger partial charge in [0.2, 0.25) is 0 Å². The molecule has 2 heterocycles. The summed E-state index contributed by atoms with van der Waals surface area (Å²) < 4.78 is 1.79. The lowest BCUT2D eigenvalue weighted by molar-refractivity contribution is 0.0735. The summed E-state index contributed by atoms with van der Waals surface area (Å²) in [5.41, 5.74) is 1.82. The molecule has 1 aliphatic rings. The van der Waals surface area contributed by atoms with E-state index in [4.69, 9.17) is 0 Å². The van der Waals surface area contributed by atoms with Gasteiger partial charge in [0.1, 0.15) is 4.60 Å². The Hall–Kier alpha value is -1.20. The second kappa shape index (κ2) is 6.28. The molecule has 1 atom stereocenters. The lowest BCUT2D eigenvalue weighted by atomic mass is 10.0. The molecule has 1 aromatic heterocycles. The number of rotatable bonds is 2. The molecule has 0 saturated carbocycles. The summed E-state index contributed by atoms with van der Waals surface area (Å²) in [6.45, 7) is 0.798. The summed E-state index contributed by atoms with van der Waals surface area (Å²) in [5.74, 6) is 0.0532. The maximum atomic E-state index is 12.7. The molecule has 0 N–H and O–H groups in total. The van der Waals surface area contributed by atoms with Crippen LogP contribution in [0.15, 0.2) is 51.7 Å². The van der Waals surface area contributed by atoms with E-state index >= 15 is 0 Å². The van der Waals surface area contributed by atoms with E-state index in [2.05, 4.69) is 49.0 Å². The van der Waals surface area contributed by atoms with E-state index in [9.17, 15) is 4.79 Å². The van der Waals surface area contributed by atoms with Crippen LogP contribution in [-0.4, -0.2) is 22.3 Å². The molecule has 1 aliphatic heterocycles. The van der Waals surface area contributed by atoms with Crippen LogP contribution in [0.1, 0.15) is 34.8 Å². The van der Waals surface area contributed by atoms with E-state index in [1.807, 2.05) is 23.1 Å². The van der Waals surface area contributed by atoms with Crippen LogP contribution in [0.4, 0.5) is 0 Å². The fourth-order valence-electron chi connectivity index (χ4n) is 2.74. The van der Waals surface area contributed by atoms with Gasteiger partial charge in [0, 0.05) is 17.2 Å². The van der Waals surface area contributed by atoms with Crippen molar-refractivity contribution in [2.75, 3.05) is 6.54 Å². The Kier molecular flexibility index (Phi) is 4.40. The quantitative estimate of drug-likeness (QED) is 0.680. The predicted molar refractivity (Wildman–Crippen MR) is 89.1 cm³/mol. The number of benzene rings is 1. The highest BCUT2D eigenvalue weighted by atomic mass is 79.9. The minimum atomic E-state index is 0.0532.